The summed E-state index contributed by atoms with van der Waals surface area (Å²) in [5, 5.41) is 0. The van der Waals surface area contributed by atoms with Gasteiger partial charge in [0.15, 0.2) is 5.79 Å². The highest BCUT2D eigenvalue weighted by atomic mass is 16.2. The molecule has 0 aromatic heterocycles. The molecule has 5 nitrogen and oxygen atoms in total. The maximum absolute atomic E-state index is 10.7. The van der Waals surface area contributed by atoms with Crippen molar-refractivity contribution in [3.63, 3.8) is 0 Å². The summed E-state index contributed by atoms with van der Waals surface area (Å²) in [6, 6.07) is -0.671. The van der Waals surface area contributed by atoms with Crippen LogP contribution in [0.15, 0.2) is 24.4 Å². The van der Waals surface area contributed by atoms with Crippen LogP contribution < -0.4 is 17.2 Å². The predicted molar refractivity (Wildman–Crippen MR) is 40.8 cm³/mol. The molecule has 1 aliphatic heterocycles. The lowest BCUT2D eigenvalue weighted by molar-refractivity contribution is 0.188. The second-order valence-electron chi connectivity index (χ2n) is 2.30. The summed E-state index contributed by atoms with van der Waals surface area (Å²) in [6.45, 7) is 0. The van der Waals surface area contributed by atoms with Gasteiger partial charge in [-0.05, 0) is 12.2 Å². The van der Waals surface area contributed by atoms with E-state index in [4.69, 9.17) is 17.2 Å². The normalized spacial score (nSPS) is 20.4. The fraction of sp³-hybridized carbons (Fsp3) is 0.167. The Morgan fingerprint density at radius 1 is 1.36 bits per heavy atom. The van der Waals surface area contributed by atoms with Crippen molar-refractivity contribution in [1.82, 2.24) is 4.90 Å². The zero-order valence-electron chi connectivity index (χ0n) is 5.90. The highest BCUT2D eigenvalue weighted by molar-refractivity contribution is 5.74. The van der Waals surface area contributed by atoms with Gasteiger partial charge in [-0.3, -0.25) is 16.4 Å². The maximum atomic E-state index is 10.7. The average Bonchev–Trinajstić information content (AvgIpc) is 1.85. The number of urea groups is 1. The molecule has 0 radical (unpaired) electrons. The van der Waals surface area contributed by atoms with Gasteiger partial charge in [-0.2, -0.15) is 0 Å². The molecular weight excluding hydrogens is 144 g/mol. The smallest absolute Gasteiger partial charge is 0.321 e. The van der Waals surface area contributed by atoms with Crippen molar-refractivity contribution >= 4 is 6.03 Å². The molecule has 0 aromatic rings. The largest absolute Gasteiger partial charge is 0.351 e. The van der Waals surface area contributed by atoms with Crippen molar-refractivity contribution in [2.45, 2.75) is 5.79 Å². The van der Waals surface area contributed by atoms with Crippen LogP contribution in [0.3, 0.4) is 0 Å². The monoisotopic (exact) mass is 154 g/mol. The van der Waals surface area contributed by atoms with Gasteiger partial charge in [0.2, 0.25) is 0 Å². The van der Waals surface area contributed by atoms with Crippen LogP contribution in [0.4, 0.5) is 4.79 Å². The molecule has 0 saturated heterocycles. The first-order valence-corrected chi connectivity index (χ1v) is 3.06. The summed E-state index contributed by atoms with van der Waals surface area (Å²) in [6.07, 6.45) is 6.20. The second-order valence-corrected chi connectivity index (χ2v) is 2.30. The summed E-state index contributed by atoms with van der Waals surface area (Å²) < 4.78 is 0. The minimum atomic E-state index is -1.29. The molecule has 1 aliphatic rings. The second kappa shape index (κ2) is 2.37. The number of allylic oxidation sites excluding steroid dienone is 2. The number of amides is 2. The third-order valence-corrected chi connectivity index (χ3v) is 1.36. The van der Waals surface area contributed by atoms with Gasteiger partial charge in [0.05, 0.1) is 0 Å². The Morgan fingerprint density at radius 2 is 2.00 bits per heavy atom. The van der Waals surface area contributed by atoms with Crippen molar-refractivity contribution in [3.8, 4) is 0 Å². The fourth-order valence-corrected chi connectivity index (χ4v) is 0.819. The standard InChI is InChI=1S/C6H10N4O/c7-5(11)10-4-2-1-3-6(10,8)9/h1-4H,8-9H2,(H2,7,11). The van der Waals surface area contributed by atoms with Crippen molar-refractivity contribution in [2.24, 2.45) is 17.2 Å². The lowest BCUT2D eigenvalue weighted by Crippen LogP contribution is -2.63. The molecule has 0 aromatic carbocycles. The fourth-order valence-electron chi connectivity index (χ4n) is 0.819. The Kier molecular flexibility index (Phi) is 1.67. The summed E-state index contributed by atoms with van der Waals surface area (Å²) in [5.74, 6) is -1.29. The average molecular weight is 154 g/mol. The lowest BCUT2D eigenvalue weighted by atomic mass is 10.2. The van der Waals surface area contributed by atoms with Gasteiger partial charge >= 0.3 is 6.03 Å². The van der Waals surface area contributed by atoms with E-state index < -0.39 is 11.8 Å². The quantitative estimate of drug-likeness (QED) is 0.391. The van der Waals surface area contributed by atoms with Crippen molar-refractivity contribution in [3.05, 3.63) is 24.4 Å². The van der Waals surface area contributed by atoms with Gasteiger partial charge in [-0.25, -0.2) is 4.79 Å². The molecular formula is C6H10N4O. The third-order valence-electron chi connectivity index (χ3n) is 1.36. The molecule has 1 rings (SSSR count). The number of carbonyl (C=O) groups is 1. The first kappa shape index (κ1) is 7.77. The molecule has 6 N–H and O–H groups in total. The topological polar surface area (TPSA) is 98.4 Å². The maximum Gasteiger partial charge on any atom is 0.321 e. The number of carbonyl (C=O) groups excluding carboxylic acids is 1. The molecule has 0 atom stereocenters. The summed E-state index contributed by atoms with van der Waals surface area (Å²) >= 11 is 0. The van der Waals surface area contributed by atoms with E-state index in [9.17, 15) is 4.79 Å². The van der Waals surface area contributed by atoms with Crippen LogP contribution in [0.1, 0.15) is 0 Å². The summed E-state index contributed by atoms with van der Waals surface area (Å²) in [5.41, 5.74) is 16.0. The van der Waals surface area contributed by atoms with Crippen LogP contribution in [0.2, 0.25) is 0 Å². The summed E-state index contributed by atoms with van der Waals surface area (Å²) in [7, 11) is 0. The van der Waals surface area contributed by atoms with Gasteiger partial charge in [0.1, 0.15) is 0 Å². The van der Waals surface area contributed by atoms with Crippen LogP contribution in [-0.2, 0) is 0 Å². The van der Waals surface area contributed by atoms with Crippen molar-refractivity contribution < 1.29 is 4.79 Å². The third kappa shape index (κ3) is 1.39. The van der Waals surface area contributed by atoms with E-state index in [1.54, 1.807) is 12.2 Å². The number of rotatable bonds is 0. The number of hydrogen-bond donors (Lipinski definition) is 3. The number of hydrogen-bond acceptors (Lipinski definition) is 3. The van der Waals surface area contributed by atoms with E-state index in [0.29, 0.717) is 0 Å². The zero-order chi connectivity index (χ0) is 8.48. The molecule has 1 heterocycles. The molecule has 60 valence electrons. The van der Waals surface area contributed by atoms with Crippen molar-refractivity contribution in [1.29, 1.82) is 0 Å². The molecule has 0 unspecified atom stereocenters. The van der Waals surface area contributed by atoms with Crippen LogP contribution in [0, 0.1) is 0 Å². The van der Waals surface area contributed by atoms with Gasteiger partial charge in [0, 0.05) is 6.20 Å². The molecule has 11 heavy (non-hydrogen) atoms. The van der Waals surface area contributed by atoms with E-state index >= 15 is 0 Å². The highest BCUT2D eigenvalue weighted by Crippen LogP contribution is 2.08. The first-order valence-electron chi connectivity index (χ1n) is 3.06. The Morgan fingerprint density at radius 3 is 2.36 bits per heavy atom. The Bertz CT molecular complexity index is 231. The first-order chi connectivity index (χ1) is 5.04. The molecule has 5 heteroatoms. The Balaban J connectivity index is 2.89. The van der Waals surface area contributed by atoms with Crippen LogP contribution in [0.25, 0.3) is 0 Å². The van der Waals surface area contributed by atoms with Gasteiger partial charge < -0.3 is 5.73 Å². The molecule has 0 spiro atoms. The van der Waals surface area contributed by atoms with E-state index in [1.807, 2.05) is 0 Å². The van der Waals surface area contributed by atoms with Gasteiger partial charge in [-0.15, -0.1) is 0 Å². The lowest BCUT2D eigenvalue weighted by Gasteiger charge is -2.32. The number of nitrogens with zero attached hydrogens (tertiary/aromatic N) is 1. The summed E-state index contributed by atoms with van der Waals surface area (Å²) in [4.78, 5) is 11.7. The van der Waals surface area contributed by atoms with Crippen LogP contribution >= 0.6 is 0 Å². The van der Waals surface area contributed by atoms with Gasteiger partial charge in [0.25, 0.3) is 0 Å². The van der Waals surface area contributed by atoms with Crippen LogP contribution in [0.5, 0.6) is 0 Å². The molecule has 0 bridgehead atoms. The Labute approximate surface area is 64.1 Å². The highest BCUT2D eigenvalue weighted by Gasteiger charge is 2.27. The molecule has 0 aliphatic carbocycles. The number of primary amides is 1. The van der Waals surface area contributed by atoms with Gasteiger partial charge in [-0.1, -0.05) is 6.08 Å². The molecule has 0 fully saturated rings. The predicted octanol–water partition coefficient (Wildman–Crippen LogP) is -0.978. The zero-order valence-corrected chi connectivity index (χ0v) is 5.90. The minimum Gasteiger partial charge on any atom is -0.351 e. The van der Waals surface area contributed by atoms with E-state index in [0.717, 1.165) is 4.90 Å². The molecule has 0 saturated carbocycles. The van der Waals surface area contributed by atoms with Crippen molar-refractivity contribution in [2.75, 3.05) is 0 Å². The number of nitrogens with two attached hydrogens (primary N) is 3. The van der Waals surface area contributed by atoms with Crippen LogP contribution in [-0.4, -0.2) is 16.7 Å². The molecule has 2 amide bonds. The Hall–Kier alpha value is -1.33. The minimum absolute atomic E-state index is 0.671. The van der Waals surface area contributed by atoms with E-state index in [2.05, 4.69) is 0 Å². The van der Waals surface area contributed by atoms with E-state index in [1.165, 1.54) is 12.3 Å². The SMILES string of the molecule is NC(=O)N1C=CC=CC1(N)N. The van der Waals surface area contributed by atoms with E-state index in [-0.39, 0.29) is 0 Å².